The van der Waals surface area contributed by atoms with Crippen molar-refractivity contribution in [2.24, 2.45) is 0 Å². The van der Waals surface area contributed by atoms with Gasteiger partial charge in [0.05, 0.1) is 23.5 Å². The van der Waals surface area contributed by atoms with Crippen molar-refractivity contribution in [2.75, 3.05) is 18.0 Å². The molecule has 0 saturated carbocycles. The van der Waals surface area contributed by atoms with E-state index < -0.39 is 17.6 Å². The molecule has 0 bridgehead atoms. The second kappa shape index (κ2) is 7.85. The van der Waals surface area contributed by atoms with Gasteiger partial charge in [0.2, 0.25) is 0 Å². The molecule has 0 aromatic heterocycles. The number of hydrogen-bond acceptors (Lipinski definition) is 4. The molecule has 2 aliphatic heterocycles. The quantitative estimate of drug-likeness (QED) is 0.688. The molecule has 2 amide bonds. The molecule has 30 heavy (non-hydrogen) atoms. The molecule has 1 fully saturated rings. The van der Waals surface area contributed by atoms with Crippen molar-refractivity contribution < 1.29 is 18.7 Å². The molecule has 4 rings (SSSR count). The van der Waals surface area contributed by atoms with E-state index in [-0.39, 0.29) is 17.8 Å². The maximum Gasteiger partial charge on any atom is 0.282 e. The summed E-state index contributed by atoms with van der Waals surface area (Å²) in [5.41, 5.74) is 2.33. The van der Waals surface area contributed by atoms with E-state index in [1.807, 2.05) is 25.7 Å². The van der Waals surface area contributed by atoms with E-state index in [1.54, 1.807) is 18.2 Å². The number of rotatable bonds is 3. The van der Waals surface area contributed by atoms with E-state index in [9.17, 15) is 14.0 Å². The summed E-state index contributed by atoms with van der Waals surface area (Å²) in [7, 11) is 0. The fourth-order valence-corrected chi connectivity index (χ4v) is 4.18. The lowest BCUT2D eigenvalue weighted by atomic mass is 10.0. The van der Waals surface area contributed by atoms with Gasteiger partial charge in [-0.05, 0) is 56.2 Å². The van der Waals surface area contributed by atoms with E-state index >= 15 is 0 Å². The largest absolute Gasteiger partial charge is 0.372 e. The highest BCUT2D eigenvalue weighted by Crippen LogP contribution is 2.37. The first-order valence-electron chi connectivity index (χ1n) is 9.82. The summed E-state index contributed by atoms with van der Waals surface area (Å²) in [6, 6.07) is 10.7. The summed E-state index contributed by atoms with van der Waals surface area (Å²) in [6.07, 6.45) is -0.192. The summed E-state index contributed by atoms with van der Waals surface area (Å²) in [5, 5.41) is 0.471. The molecule has 0 spiro atoms. The van der Waals surface area contributed by atoms with E-state index in [0.29, 0.717) is 35.1 Å². The van der Waals surface area contributed by atoms with Gasteiger partial charge >= 0.3 is 0 Å². The average molecular weight is 429 g/mol. The summed E-state index contributed by atoms with van der Waals surface area (Å²) in [5.74, 6) is -1.28. The number of benzene rings is 2. The minimum atomic E-state index is -0.451. The zero-order chi connectivity index (χ0) is 21.6. The number of imide groups is 1. The Hall–Kier alpha value is -2.70. The molecule has 156 valence electrons. The highest BCUT2D eigenvalue weighted by molar-refractivity contribution is 6.45. The molecule has 2 heterocycles. The van der Waals surface area contributed by atoms with Gasteiger partial charge in [0.25, 0.3) is 11.8 Å². The van der Waals surface area contributed by atoms with Crippen molar-refractivity contribution in [3.63, 3.8) is 0 Å². The molecule has 0 aliphatic carbocycles. The van der Waals surface area contributed by atoms with Crippen molar-refractivity contribution in [1.29, 1.82) is 0 Å². The monoisotopic (exact) mass is 428 g/mol. The SMILES string of the molecule is Cc1ccc(N2C(=O)C(c3ccc(F)cc3)=C(N3CC(C)OC(C)C3)C2=O)cc1Cl. The maximum atomic E-state index is 13.5. The Bertz CT molecular complexity index is 1040. The molecule has 2 atom stereocenters. The summed E-state index contributed by atoms with van der Waals surface area (Å²) in [6.45, 7) is 6.67. The third-order valence-electron chi connectivity index (χ3n) is 5.34. The number of morpholine rings is 1. The van der Waals surface area contributed by atoms with Gasteiger partial charge in [-0.3, -0.25) is 9.59 Å². The third kappa shape index (κ3) is 3.61. The highest BCUT2D eigenvalue weighted by Gasteiger charge is 2.44. The first kappa shape index (κ1) is 20.6. The molecular weight excluding hydrogens is 407 g/mol. The van der Waals surface area contributed by atoms with Crippen molar-refractivity contribution in [1.82, 2.24) is 4.90 Å². The summed E-state index contributed by atoms with van der Waals surface area (Å²) < 4.78 is 19.3. The third-order valence-corrected chi connectivity index (χ3v) is 5.75. The Labute approximate surface area is 179 Å². The first-order chi connectivity index (χ1) is 14.3. The van der Waals surface area contributed by atoms with E-state index in [4.69, 9.17) is 16.3 Å². The fraction of sp³-hybridized carbons (Fsp3) is 0.304. The van der Waals surface area contributed by atoms with Crippen molar-refractivity contribution in [3.05, 3.63) is 70.1 Å². The van der Waals surface area contributed by atoms with Gasteiger partial charge < -0.3 is 9.64 Å². The molecule has 0 N–H and O–H groups in total. The van der Waals surface area contributed by atoms with Crippen LogP contribution in [-0.4, -0.2) is 42.0 Å². The number of hydrogen-bond donors (Lipinski definition) is 0. The van der Waals surface area contributed by atoms with Crippen LogP contribution < -0.4 is 4.90 Å². The molecule has 1 saturated heterocycles. The lowest BCUT2D eigenvalue weighted by Gasteiger charge is -2.37. The van der Waals surface area contributed by atoms with Gasteiger partial charge in [0.1, 0.15) is 11.5 Å². The van der Waals surface area contributed by atoms with Gasteiger partial charge in [0, 0.05) is 18.1 Å². The molecule has 2 unspecified atom stereocenters. The Morgan fingerprint density at radius 2 is 1.63 bits per heavy atom. The van der Waals surface area contributed by atoms with E-state index in [0.717, 1.165) is 10.5 Å². The number of nitrogens with zero attached hydrogens (tertiary/aromatic N) is 2. The number of carbonyl (C=O) groups is 2. The lowest BCUT2D eigenvalue weighted by Crippen LogP contribution is -2.47. The second-order valence-electron chi connectivity index (χ2n) is 7.77. The van der Waals surface area contributed by atoms with Gasteiger partial charge in [-0.25, -0.2) is 9.29 Å². The Kier molecular flexibility index (Phi) is 5.38. The second-order valence-corrected chi connectivity index (χ2v) is 8.18. The lowest BCUT2D eigenvalue weighted by molar-refractivity contribution is -0.121. The van der Waals surface area contributed by atoms with Crippen molar-refractivity contribution in [3.8, 4) is 0 Å². The topological polar surface area (TPSA) is 49.9 Å². The van der Waals surface area contributed by atoms with Crippen LogP contribution in [0.4, 0.5) is 10.1 Å². The zero-order valence-corrected chi connectivity index (χ0v) is 17.7. The summed E-state index contributed by atoms with van der Waals surface area (Å²) >= 11 is 6.25. The van der Waals surface area contributed by atoms with Crippen LogP contribution in [-0.2, 0) is 14.3 Å². The Balaban J connectivity index is 1.84. The number of aryl methyl sites for hydroxylation is 1. The van der Waals surface area contributed by atoms with Crippen LogP contribution in [0.15, 0.2) is 48.2 Å². The Morgan fingerprint density at radius 3 is 2.23 bits per heavy atom. The fourth-order valence-electron chi connectivity index (χ4n) is 4.00. The van der Waals surface area contributed by atoms with Gasteiger partial charge in [-0.15, -0.1) is 0 Å². The van der Waals surface area contributed by atoms with Crippen LogP contribution in [0, 0.1) is 12.7 Å². The van der Waals surface area contributed by atoms with Gasteiger partial charge in [0.15, 0.2) is 0 Å². The number of ether oxygens (including phenoxy) is 1. The standard InChI is InChI=1S/C23H22ClFN2O3/c1-13-4-9-18(10-19(13)24)27-22(28)20(16-5-7-17(25)8-6-16)21(23(27)29)26-11-14(2)30-15(3)12-26/h4-10,14-15H,11-12H2,1-3H3. The predicted octanol–water partition coefficient (Wildman–Crippen LogP) is 4.18. The normalized spacial score (nSPS) is 22.3. The number of carbonyl (C=O) groups excluding carboxylic acids is 2. The molecular formula is C23H22ClFN2O3. The van der Waals surface area contributed by atoms with Crippen LogP contribution in [0.3, 0.4) is 0 Å². The van der Waals surface area contributed by atoms with Crippen LogP contribution >= 0.6 is 11.6 Å². The first-order valence-corrected chi connectivity index (χ1v) is 10.2. The smallest absolute Gasteiger partial charge is 0.282 e. The van der Waals surface area contributed by atoms with Crippen molar-refractivity contribution >= 4 is 34.7 Å². The van der Waals surface area contributed by atoms with Gasteiger partial charge in [-0.2, -0.15) is 0 Å². The van der Waals surface area contributed by atoms with Crippen LogP contribution in [0.5, 0.6) is 0 Å². The van der Waals surface area contributed by atoms with E-state index in [2.05, 4.69) is 0 Å². The minimum Gasteiger partial charge on any atom is -0.372 e. The molecule has 2 aromatic carbocycles. The number of amides is 2. The predicted molar refractivity (Wildman–Crippen MR) is 114 cm³/mol. The maximum absolute atomic E-state index is 13.5. The van der Waals surface area contributed by atoms with Crippen LogP contribution in [0.2, 0.25) is 5.02 Å². The van der Waals surface area contributed by atoms with Crippen molar-refractivity contribution in [2.45, 2.75) is 33.0 Å². The van der Waals surface area contributed by atoms with Gasteiger partial charge in [-0.1, -0.05) is 29.8 Å². The zero-order valence-electron chi connectivity index (χ0n) is 17.0. The number of halogens is 2. The minimum absolute atomic E-state index is 0.0958. The molecule has 2 aliphatic rings. The Morgan fingerprint density at radius 1 is 1.00 bits per heavy atom. The molecule has 0 radical (unpaired) electrons. The summed E-state index contributed by atoms with van der Waals surface area (Å²) in [4.78, 5) is 30.0. The van der Waals surface area contributed by atoms with Crippen LogP contribution in [0.25, 0.3) is 5.57 Å². The average Bonchev–Trinajstić information content (AvgIpc) is 2.94. The molecule has 5 nitrogen and oxygen atoms in total. The molecule has 7 heteroatoms. The van der Waals surface area contributed by atoms with E-state index in [1.165, 1.54) is 24.3 Å². The molecule has 2 aromatic rings. The number of anilines is 1. The highest BCUT2D eigenvalue weighted by atomic mass is 35.5. The van der Waals surface area contributed by atoms with Crippen LogP contribution in [0.1, 0.15) is 25.0 Å².